The van der Waals surface area contributed by atoms with Crippen LogP contribution in [0.5, 0.6) is 0 Å². The maximum atomic E-state index is 12.3. The topological polar surface area (TPSA) is 59.3 Å². The molecule has 1 amide bonds. The zero-order valence-corrected chi connectivity index (χ0v) is 15.2. The summed E-state index contributed by atoms with van der Waals surface area (Å²) in [4.78, 5) is 14.4. The van der Waals surface area contributed by atoms with Crippen molar-refractivity contribution in [3.8, 4) is 5.69 Å². The fraction of sp³-hybridized carbons (Fsp3) is 0.250. The molecule has 0 spiro atoms. The number of hydrogen-bond donors (Lipinski definition) is 1. The van der Waals surface area contributed by atoms with Crippen LogP contribution in [-0.2, 0) is 12.8 Å². The number of para-hydroxylation sites is 1. The van der Waals surface area contributed by atoms with E-state index in [2.05, 4.69) is 15.6 Å². The third-order valence-corrected chi connectivity index (χ3v) is 5.71. The van der Waals surface area contributed by atoms with Crippen molar-refractivity contribution in [1.29, 1.82) is 0 Å². The Labute approximate surface area is 156 Å². The van der Waals surface area contributed by atoms with Gasteiger partial charge in [-0.3, -0.25) is 4.79 Å². The Hall–Kier alpha value is -2.73. The minimum absolute atomic E-state index is 0.144. The van der Waals surface area contributed by atoms with Crippen LogP contribution in [0.25, 0.3) is 5.69 Å². The van der Waals surface area contributed by atoms with E-state index in [1.807, 2.05) is 42.6 Å². The molecule has 1 aliphatic carbocycles. The van der Waals surface area contributed by atoms with E-state index < -0.39 is 0 Å². The second-order valence-corrected chi connectivity index (χ2v) is 7.51. The van der Waals surface area contributed by atoms with Gasteiger partial charge < -0.3 is 0 Å². The van der Waals surface area contributed by atoms with Gasteiger partial charge >= 0.3 is 0 Å². The summed E-state index contributed by atoms with van der Waals surface area (Å²) in [5, 5.41) is 8.39. The molecule has 3 aromatic rings. The molecule has 1 aromatic carbocycles. The van der Waals surface area contributed by atoms with E-state index in [0.717, 1.165) is 29.0 Å². The average Bonchev–Trinajstić information content (AvgIpc) is 3.25. The molecule has 0 fully saturated rings. The molecule has 6 heteroatoms. The molecule has 0 bridgehead atoms. The van der Waals surface area contributed by atoms with Gasteiger partial charge in [-0.1, -0.05) is 24.6 Å². The Morgan fingerprint density at radius 2 is 2.04 bits per heavy atom. The predicted molar refractivity (Wildman–Crippen MR) is 104 cm³/mol. The molecule has 0 radical (unpaired) electrons. The van der Waals surface area contributed by atoms with Crippen LogP contribution in [0.3, 0.4) is 0 Å². The average molecular weight is 364 g/mol. The molecule has 0 unspecified atom stereocenters. The molecular weight excluding hydrogens is 344 g/mol. The number of nitrogens with one attached hydrogen (secondary N) is 1. The molecule has 132 valence electrons. The molecule has 4 rings (SSSR count). The van der Waals surface area contributed by atoms with Crippen molar-refractivity contribution in [2.24, 2.45) is 5.10 Å². The number of amides is 1. The second-order valence-electron chi connectivity index (χ2n) is 6.37. The Morgan fingerprint density at radius 1 is 1.19 bits per heavy atom. The summed E-state index contributed by atoms with van der Waals surface area (Å²) >= 11 is 1.60. The van der Waals surface area contributed by atoms with Crippen LogP contribution in [0.4, 0.5) is 0 Å². The predicted octanol–water partition coefficient (Wildman–Crippen LogP) is 3.97. The number of hydrazone groups is 1. The van der Waals surface area contributed by atoms with Crippen LogP contribution in [0.15, 0.2) is 53.9 Å². The highest BCUT2D eigenvalue weighted by Gasteiger charge is 2.16. The van der Waals surface area contributed by atoms with Crippen LogP contribution in [-0.4, -0.2) is 21.9 Å². The molecule has 26 heavy (non-hydrogen) atoms. The van der Waals surface area contributed by atoms with Gasteiger partial charge in [0, 0.05) is 16.6 Å². The zero-order chi connectivity index (χ0) is 17.8. The number of hydrogen-bond acceptors (Lipinski definition) is 4. The molecule has 2 heterocycles. The van der Waals surface area contributed by atoms with Gasteiger partial charge in [0.2, 0.25) is 0 Å². The minimum Gasteiger partial charge on any atom is -0.266 e. The Balaban J connectivity index is 1.39. The summed E-state index contributed by atoms with van der Waals surface area (Å²) in [5.74, 6) is -0.144. The molecular formula is C20H20N4OS. The molecule has 0 saturated carbocycles. The van der Waals surface area contributed by atoms with Crippen molar-refractivity contribution < 1.29 is 4.79 Å². The van der Waals surface area contributed by atoms with E-state index >= 15 is 0 Å². The zero-order valence-electron chi connectivity index (χ0n) is 14.4. The van der Waals surface area contributed by atoms with E-state index in [0.29, 0.717) is 0 Å². The van der Waals surface area contributed by atoms with Crippen LogP contribution in [0, 0.1) is 0 Å². The second kappa shape index (κ2) is 7.66. The first-order chi connectivity index (χ1) is 12.8. The largest absolute Gasteiger partial charge is 0.281 e. The summed E-state index contributed by atoms with van der Waals surface area (Å²) in [5.41, 5.74) is 5.78. The third kappa shape index (κ3) is 3.75. The van der Waals surface area contributed by atoms with Gasteiger partial charge in [0.05, 0.1) is 23.0 Å². The van der Waals surface area contributed by atoms with Crippen LogP contribution in [0.2, 0.25) is 0 Å². The highest BCUT2D eigenvalue weighted by Crippen LogP contribution is 2.28. The lowest BCUT2D eigenvalue weighted by Crippen LogP contribution is -2.16. The van der Waals surface area contributed by atoms with E-state index in [1.54, 1.807) is 28.4 Å². The number of rotatable bonds is 4. The van der Waals surface area contributed by atoms with E-state index in [-0.39, 0.29) is 5.91 Å². The van der Waals surface area contributed by atoms with E-state index in [4.69, 9.17) is 0 Å². The summed E-state index contributed by atoms with van der Waals surface area (Å²) in [6, 6.07) is 11.9. The van der Waals surface area contributed by atoms with Gasteiger partial charge in [-0.25, -0.2) is 10.1 Å². The molecule has 0 aliphatic heterocycles. The van der Waals surface area contributed by atoms with E-state index in [1.165, 1.54) is 29.7 Å². The van der Waals surface area contributed by atoms with Gasteiger partial charge in [-0.2, -0.15) is 10.2 Å². The molecule has 1 aliphatic rings. The van der Waals surface area contributed by atoms with Gasteiger partial charge in [0.25, 0.3) is 5.91 Å². The molecule has 2 aromatic heterocycles. The lowest BCUT2D eigenvalue weighted by molar-refractivity contribution is 0.0959. The molecule has 0 atom stereocenters. The van der Waals surface area contributed by atoms with Gasteiger partial charge in [-0.05, 0) is 49.4 Å². The van der Waals surface area contributed by atoms with Gasteiger partial charge in [0.15, 0.2) is 0 Å². The number of aryl methyl sites for hydroxylation is 2. The smallest absolute Gasteiger partial charge is 0.266 e. The highest BCUT2D eigenvalue weighted by molar-refractivity contribution is 7.14. The highest BCUT2D eigenvalue weighted by atomic mass is 32.1. The van der Waals surface area contributed by atoms with Gasteiger partial charge in [-0.15, -0.1) is 11.3 Å². The SMILES string of the molecule is O=C(N/N=C\c1cnn(-c2ccccc2)c1)c1cc2c(s1)CCCCC2. The summed E-state index contributed by atoms with van der Waals surface area (Å²) in [6.45, 7) is 0. The van der Waals surface area contributed by atoms with Crippen LogP contribution >= 0.6 is 11.3 Å². The van der Waals surface area contributed by atoms with Crippen molar-refractivity contribution in [3.05, 3.63) is 69.7 Å². The van der Waals surface area contributed by atoms with Crippen molar-refractivity contribution in [2.45, 2.75) is 32.1 Å². The number of fused-ring (bicyclic) bond motifs is 1. The summed E-state index contributed by atoms with van der Waals surface area (Å²) in [6.07, 6.45) is 11.1. The summed E-state index contributed by atoms with van der Waals surface area (Å²) in [7, 11) is 0. The van der Waals surface area contributed by atoms with Gasteiger partial charge in [0.1, 0.15) is 0 Å². The molecule has 1 N–H and O–H groups in total. The van der Waals surface area contributed by atoms with Crippen molar-refractivity contribution in [2.75, 3.05) is 0 Å². The van der Waals surface area contributed by atoms with Crippen molar-refractivity contribution in [3.63, 3.8) is 0 Å². The first-order valence-electron chi connectivity index (χ1n) is 8.85. The molecule has 0 saturated heterocycles. The number of carbonyl (C=O) groups is 1. The number of carbonyl (C=O) groups excluding carboxylic acids is 1. The van der Waals surface area contributed by atoms with Crippen LogP contribution in [0.1, 0.15) is 44.9 Å². The minimum atomic E-state index is -0.144. The standard InChI is InChI=1S/C20H20N4OS/c25-20(19-11-16-7-3-1-6-10-18(16)26-19)23-21-12-15-13-22-24(14-15)17-8-4-2-5-9-17/h2,4-5,8-9,11-14H,1,3,6-7,10H2,(H,23,25)/b21-12-. The first-order valence-corrected chi connectivity index (χ1v) is 9.66. The Morgan fingerprint density at radius 3 is 2.92 bits per heavy atom. The fourth-order valence-electron chi connectivity index (χ4n) is 3.13. The fourth-order valence-corrected chi connectivity index (χ4v) is 4.27. The third-order valence-electron chi connectivity index (χ3n) is 4.47. The van der Waals surface area contributed by atoms with Crippen molar-refractivity contribution in [1.82, 2.24) is 15.2 Å². The number of aromatic nitrogens is 2. The van der Waals surface area contributed by atoms with Crippen LogP contribution < -0.4 is 5.43 Å². The number of thiophene rings is 1. The maximum absolute atomic E-state index is 12.3. The monoisotopic (exact) mass is 364 g/mol. The Kier molecular flexibility index (Phi) is 4.93. The van der Waals surface area contributed by atoms with Crippen molar-refractivity contribution >= 4 is 23.5 Å². The van der Waals surface area contributed by atoms with E-state index in [9.17, 15) is 4.79 Å². The first kappa shape index (κ1) is 16.7. The quantitative estimate of drug-likeness (QED) is 0.433. The summed E-state index contributed by atoms with van der Waals surface area (Å²) < 4.78 is 1.78. The number of benzene rings is 1. The normalized spacial score (nSPS) is 14.2. The molecule has 5 nitrogen and oxygen atoms in total. The number of nitrogens with zero attached hydrogens (tertiary/aromatic N) is 3. The Bertz CT molecular complexity index is 903. The lowest BCUT2D eigenvalue weighted by Gasteiger charge is -1.98. The lowest BCUT2D eigenvalue weighted by atomic mass is 10.1. The maximum Gasteiger partial charge on any atom is 0.281 e.